The van der Waals surface area contributed by atoms with Gasteiger partial charge in [0.15, 0.2) is 5.96 Å². The van der Waals surface area contributed by atoms with Crippen molar-refractivity contribution in [1.29, 1.82) is 0 Å². The van der Waals surface area contributed by atoms with E-state index in [1.807, 2.05) is 18.3 Å². The topological polar surface area (TPSA) is 43.8 Å². The molecule has 1 saturated heterocycles. The number of aliphatic imine (C=N–C) groups is 1. The summed E-state index contributed by atoms with van der Waals surface area (Å²) in [4.78, 5) is 14.8. The summed E-state index contributed by atoms with van der Waals surface area (Å²) in [5.41, 5.74) is 0.688. The van der Waals surface area contributed by atoms with Gasteiger partial charge in [0.2, 0.25) is 0 Å². The van der Waals surface area contributed by atoms with Crippen LogP contribution in [0.4, 0.5) is 10.1 Å². The predicted octanol–water partition coefficient (Wildman–Crippen LogP) is 2.92. The molecule has 1 aliphatic rings. The fraction of sp³-hybridized carbons (Fsp3) is 0.474. The highest BCUT2D eigenvalue weighted by molar-refractivity contribution is 7.11. The molecular formula is C19H26FN5S. The number of hydrogen-bond acceptors (Lipinski definition) is 4. The standard InChI is InChI=1S/C19H26FN5S/c1-3-21-19(22-9-8-18-23-14-15(2)26-18)25-12-10-24(11-13-25)17-7-5-4-6-16(17)20/h4-7,14H,3,8-13H2,1-2H3,(H,21,22). The van der Waals surface area contributed by atoms with Crippen LogP contribution >= 0.6 is 11.3 Å². The number of benzene rings is 1. The monoisotopic (exact) mass is 375 g/mol. The summed E-state index contributed by atoms with van der Waals surface area (Å²) < 4.78 is 14.0. The number of piperazine rings is 1. The number of rotatable bonds is 5. The summed E-state index contributed by atoms with van der Waals surface area (Å²) >= 11 is 1.73. The van der Waals surface area contributed by atoms with Gasteiger partial charge in [-0.25, -0.2) is 9.37 Å². The Morgan fingerprint density at radius 2 is 2.04 bits per heavy atom. The zero-order valence-corrected chi connectivity index (χ0v) is 16.2. The van der Waals surface area contributed by atoms with Gasteiger partial charge in [0, 0.05) is 56.8 Å². The molecule has 0 unspecified atom stereocenters. The second-order valence-corrected chi connectivity index (χ2v) is 7.60. The highest BCUT2D eigenvalue weighted by Crippen LogP contribution is 2.20. The van der Waals surface area contributed by atoms with Crippen molar-refractivity contribution < 1.29 is 4.39 Å². The van der Waals surface area contributed by atoms with Gasteiger partial charge < -0.3 is 15.1 Å². The fourth-order valence-electron chi connectivity index (χ4n) is 3.07. The lowest BCUT2D eigenvalue weighted by Crippen LogP contribution is -2.52. The summed E-state index contributed by atoms with van der Waals surface area (Å²) in [7, 11) is 0. The lowest BCUT2D eigenvalue weighted by molar-refractivity contribution is 0.371. The molecule has 1 N–H and O–H groups in total. The van der Waals surface area contributed by atoms with E-state index in [1.165, 1.54) is 10.9 Å². The van der Waals surface area contributed by atoms with E-state index in [0.29, 0.717) is 5.69 Å². The number of thiazole rings is 1. The Kier molecular flexibility index (Phi) is 6.44. The third-order valence-electron chi connectivity index (χ3n) is 4.36. The van der Waals surface area contributed by atoms with E-state index in [0.717, 1.165) is 56.7 Å². The van der Waals surface area contributed by atoms with Gasteiger partial charge in [-0.1, -0.05) is 12.1 Å². The van der Waals surface area contributed by atoms with Gasteiger partial charge in [0.25, 0.3) is 0 Å². The van der Waals surface area contributed by atoms with Crippen molar-refractivity contribution in [3.05, 3.63) is 46.2 Å². The maximum absolute atomic E-state index is 14.0. The molecule has 1 aliphatic heterocycles. The highest BCUT2D eigenvalue weighted by atomic mass is 32.1. The molecule has 0 saturated carbocycles. The first-order chi connectivity index (χ1) is 12.7. The molecule has 5 nitrogen and oxygen atoms in total. The van der Waals surface area contributed by atoms with Crippen molar-refractivity contribution >= 4 is 23.0 Å². The molecule has 0 spiro atoms. The zero-order valence-electron chi connectivity index (χ0n) is 15.4. The molecule has 0 bridgehead atoms. The van der Waals surface area contributed by atoms with Gasteiger partial charge in [0.1, 0.15) is 5.82 Å². The molecule has 2 heterocycles. The predicted molar refractivity (Wildman–Crippen MR) is 107 cm³/mol. The van der Waals surface area contributed by atoms with Crippen molar-refractivity contribution in [3.63, 3.8) is 0 Å². The van der Waals surface area contributed by atoms with Crippen LogP contribution in [0.1, 0.15) is 16.8 Å². The minimum Gasteiger partial charge on any atom is -0.366 e. The third-order valence-corrected chi connectivity index (χ3v) is 5.34. The average Bonchev–Trinajstić information content (AvgIpc) is 3.07. The molecule has 1 fully saturated rings. The van der Waals surface area contributed by atoms with Gasteiger partial charge in [0.05, 0.1) is 10.7 Å². The van der Waals surface area contributed by atoms with Crippen LogP contribution in [0.2, 0.25) is 0 Å². The number of halogens is 1. The Bertz CT molecular complexity index is 737. The van der Waals surface area contributed by atoms with Crippen molar-refractivity contribution in [1.82, 2.24) is 15.2 Å². The van der Waals surface area contributed by atoms with E-state index in [-0.39, 0.29) is 5.82 Å². The number of para-hydroxylation sites is 1. The molecule has 1 aromatic carbocycles. The molecule has 0 aliphatic carbocycles. The minimum atomic E-state index is -0.153. The van der Waals surface area contributed by atoms with Crippen molar-refractivity contribution in [2.75, 3.05) is 44.2 Å². The van der Waals surface area contributed by atoms with E-state index >= 15 is 0 Å². The molecule has 7 heteroatoms. The van der Waals surface area contributed by atoms with Crippen LogP contribution in [0.25, 0.3) is 0 Å². The minimum absolute atomic E-state index is 0.153. The summed E-state index contributed by atoms with van der Waals surface area (Å²) in [5.74, 6) is 0.786. The van der Waals surface area contributed by atoms with Crippen LogP contribution in [0.15, 0.2) is 35.5 Å². The molecule has 0 atom stereocenters. The van der Waals surface area contributed by atoms with Crippen LogP contribution in [0.3, 0.4) is 0 Å². The van der Waals surface area contributed by atoms with Crippen LogP contribution in [-0.4, -0.2) is 55.1 Å². The van der Waals surface area contributed by atoms with Crippen LogP contribution in [0, 0.1) is 12.7 Å². The molecule has 2 aromatic rings. The maximum Gasteiger partial charge on any atom is 0.194 e. The highest BCUT2D eigenvalue weighted by Gasteiger charge is 2.21. The van der Waals surface area contributed by atoms with Crippen molar-refractivity contribution in [3.8, 4) is 0 Å². The second kappa shape index (κ2) is 8.98. The Morgan fingerprint density at radius 1 is 1.27 bits per heavy atom. The lowest BCUT2D eigenvalue weighted by Gasteiger charge is -2.37. The molecule has 1 aromatic heterocycles. The Balaban J connectivity index is 1.57. The van der Waals surface area contributed by atoms with E-state index in [9.17, 15) is 4.39 Å². The van der Waals surface area contributed by atoms with E-state index in [2.05, 4.69) is 33.9 Å². The largest absolute Gasteiger partial charge is 0.366 e. The summed E-state index contributed by atoms with van der Waals surface area (Å²) in [6, 6.07) is 6.99. The summed E-state index contributed by atoms with van der Waals surface area (Å²) in [6.45, 7) is 8.95. The van der Waals surface area contributed by atoms with Gasteiger partial charge in [-0.05, 0) is 26.0 Å². The number of hydrogen-bond donors (Lipinski definition) is 1. The first-order valence-corrected chi connectivity index (χ1v) is 9.93. The number of nitrogens with zero attached hydrogens (tertiary/aromatic N) is 4. The molecule has 0 amide bonds. The van der Waals surface area contributed by atoms with Crippen LogP contribution in [-0.2, 0) is 6.42 Å². The SMILES string of the molecule is CCNC(=NCCc1ncc(C)s1)N1CCN(c2ccccc2F)CC1. The zero-order chi connectivity index (χ0) is 18.4. The van der Waals surface area contributed by atoms with Gasteiger partial charge in [-0.2, -0.15) is 0 Å². The van der Waals surface area contributed by atoms with E-state index < -0.39 is 0 Å². The second-order valence-electron chi connectivity index (χ2n) is 6.28. The molecule has 26 heavy (non-hydrogen) atoms. The van der Waals surface area contributed by atoms with Crippen LogP contribution < -0.4 is 10.2 Å². The molecule has 3 rings (SSSR count). The quantitative estimate of drug-likeness (QED) is 0.645. The maximum atomic E-state index is 14.0. The van der Waals surface area contributed by atoms with E-state index in [1.54, 1.807) is 17.4 Å². The Morgan fingerprint density at radius 3 is 2.69 bits per heavy atom. The third kappa shape index (κ3) is 4.72. The number of aromatic nitrogens is 1. The number of nitrogens with one attached hydrogen (secondary N) is 1. The Labute approximate surface area is 158 Å². The van der Waals surface area contributed by atoms with Gasteiger partial charge in [-0.15, -0.1) is 11.3 Å². The average molecular weight is 376 g/mol. The lowest BCUT2D eigenvalue weighted by atomic mass is 10.2. The fourth-order valence-corrected chi connectivity index (χ4v) is 3.84. The molecule has 140 valence electrons. The van der Waals surface area contributed by atoms with Gasteiger partial charge in [-0.3, -0.25) is 4.99 Å². The Hall–Kier alpha value is -2.15. The first kappa shape index (κ1) is 18.6. The number of aryl methyl sites for hydroxylation is 1. The van der Waals surface area contributed by atoms with E-state index in [4.69, 9.17) is 4.99 Å². The van der Waals surface area contributed by atoms with Crippen LogP contribution in [0.5, 0.6) is 0 Å². The first-order valence-electron chi connectivity index (χ1n) is 9.11. The molecular weight excluding hydrogens is 349 g/mol. The molecule has 0 radical (unpaired) electrons. The smallest absolute Gasteiger partial charge is 0.194 e. The normalized spacial score (nSPS) is 15.4. The summed E-state index contributed by atoms with van der Waals surface area (Å²) in [6.07, 6.45) is 2.78. The number of anilines is 1. The summed E-state index contributed by atoms with van der Waals surface area (Å²) in [5, 5.41) is 4.51. The van der Waals surface area contributed by atoms with Crippen molar-refractivity contribution in [2.45, 2.75) is 20.3 Å². The van der Waals surface area contributed by atoms with Gasteiger partial charge >= 0.3 is 0 Å². The van der Waals surface area contributed by atoms with Crippen molar-refractivity contribution in [2.24, 2.45) is 4.99 Å². The number of guanidine groups is 1.